The third-order valence-corrected chi connectivity index (χ3v) is 2.41. The molecule has 0 saturated heterocycles. The average molecular weight is 270 g/mol. The maximum Gasteiger partial charge on any atom is 0.341 e. The number of halogens is 2. The molecule has 4 nitrogen and oxygen atoms in total. The third kappa shape index (κ3) is 2.87. The molecular weight excluding hydrogens is 261 g/mol. The summed E-state index contributed by atoms with van der Waals surface area (Å²) >= 11 is 5.68. The maximum absolute atomic E-state index is 13.4. The molecule has 94 valence electrons. The molecule has 1 heterocycles. The highest BCUT2D eigenvalue weighted by atomic mass is 35.5. The quantitative estimate of drug-likeness (QED) is 0.803. The molecule has 0 saturated carbocycles. The van der Waals surface area contributed by atoms with Crippen LogP contribution >= 0.6 is 11.6 Å². The topological polar surface area (TPSA) is 52.3 Å². The molecule has 0 radical (unpaired) electrons. The summed E-state index contributed by atoms with van der Waals surface area (Å²) in [6.45, 7) is 1.64. The van der Waals surface area contributed by atoms with Crippen molar-refractivity contribution in [2.75, 3.05) is 0 Å². The standard InChI is InChI=1S/C12H9ClFNO3/c1-7-4-9(15-18-7)6-17-12(16)10-5-8(13)2-3-11(10)14/h2-5H,6H2,1H3. The zero-order chi connectivity index (χ0) is 13.1. The normalized spacial score (nSPS) is 10.4. The number of hydrogen-bond acceptors (Lipinski definition) is 4. The van der Waals surface area contributed by atoms with Crippen LogP contribution in [-0.4, -0.2) is 11.1 Å². The van der Waals surface area contributed by atoms with E-state index >= 15 is 0 Å². The molecule has 2 rings (SSSR count). The van der Waals surface area contributed by atoms with Crippen LogP contribution in [0, 0.1) is 12.7 Å². The van der Waals surface area contributed by atoms with Gasteiger partial charge in [0.15, 0.2) is 0 Å². The molecule has 1 aromatic heterocycles. The number of carbonyl (C=O) groups excluding carboxylic acids is 1. The fraction of sp³-hybridized carbons (Fsp3) is 0.167. The highest BCUT2D eigenvalue weighted by Gasteiger charge is 2.14. The van der Waals surface area contributed by atoms with Crippen LogP contribution in [0.15, 0.2) is 28.8 Å². The van der Waals surface area contributed by atoms with E-state index in [9.17, 15) is 9.18 Å². The summed E-state index contributed by atoms with van der Waals surface area (Å²) in [5.74, 6) is -0.869. The van der Waals surface area contributed by atoms with Crippen LogP contribution in [0.5, 0.6) is 0 Å². The van der Waals surface area contributed by atoms with Crippen LogP contribution in [0.25, 0.3) is 0 Å². The Balaban J connectivity index is 2.05. The summed E-state index contributed by atoms with van der Waals surface area (Å²) in [5, 5.41) is 3.91. The number of nitrogens with zero attached hydrogens (tertiary/aromatic N) is 1. The van der Waals surface area contributed by atoms with Gasteiger partial charge in [0.25, 0.3) is 0 Å². The third-order valence-electron chi connectivity index (χ3n) is 2.18. The van der Waals surface area contributed by atoms with Crippen LogP contribution in [-0.2, 0) is 11.3 Å². The largest absolute Gasteiger partial charge is 0.455 e. The van der Waals surface area contributed by atoms with Gasteiger partial charge in [-0.1, -0.05) is 16.8 Å². The summed E-state index contributed by atoms with van der Waals surface area (Å²) < 4.78 is 23.1. The van der Waals surface area contributed by atoms with Crippen molar-refractivity contribution >= 4 is 17.6 Å². The van der Waals surface area contributed by atoms with E-state index in [1.54, 1.807) is 13.0 Å². The molecule has 0 bridgehead atoms. The highest BCUT2D eigenvalue weighted by Crippen LogP contribution is 2.16. The molecule has 0 aliphatic carbocycles. The van der Waals surface area contributed by atoms with Crippen molar-refractivity contribution in [2.24, 2.45) is 0 Å². The molecule has 2 aromatic rings. The second-order valence-corrected chi connectivity index (χ2v) is 4.07. The van der Waals surface area contributed by atoms with Crippen LogP contribution in [0.1, 0.15) is 21.8 Å². The second-order valence-electron chi connectivity index (χ2n) is 3.63. The van der Waals surface area contributed by atoms with Crippen molar-refractivity contribution in [2.45, 2.75) is 13.5 Å². The molecule has 0 aliphatic rings. The van der Waals surface area contributed by atoms with E-state index < -0.39 is 11.8 Å². The van der Waals surface area contributed by atoms with Gasteiger partial charge in [0.05, 0.1) is 5.56 Å². The predicted molar refractivity (Wildman–Crippen MR) is 61.8 cm³/mol. The molecule has 0 atom stereocenters. The van der Waals surface area contributed by atoms with Gasteiger partial charge in [0.1, 0.15) is 23.9 Å². The molecule has 0 unspecified atom stereocenters. The van der Waals surface area contributed by atoms with E-state index in [0.29, 0.717) is 11.5 Å². The number of esters is 1. The number of aromatic nitrogens is 1. The zero-order valence-corrected chi connectivity index (χ0v) is 10.2. The predicted octanol–water partition coefficient (Wildman–Crippen LogP) is 3.13. The summed E-state index contributed by atoms with van der Waals surface area (Å²) in [6, 6.07) is 5.31. The van der Waals surface area contributed by atoms with E-state index in [2.05, 4.69) is 5.16 Å². The molecule has 1 aromatic carbocycles. The second kappa shape index (κ2) is 5.18. The minimum absolute atomic E-state index is 0.0812. The minimum Gasteiger partial charge on any atom is -0.455 e. The number of carbonyl (C=O) groups is 1. The summed E-state index contributed by atoms with van der Waals surface area (Å²) in [6.07, 6.45) is 0. The summed E-state index contributed by atoms with van der Waals surface area (Å²) in [5.41, 5.74) is 0.256. The lowest BCUT2D eigenvalue weighted by molar-refractivity contribution is 0.0459. The van der Waals surface area contributed by atoms with Crippen molar-refractivity contribution in [3.8, 4) is 0 Å². The van der Waals surface area contributed by atoms with Crippen molar-refractivity contribution in [1.82, 2.24) is 5.16 Å². The molecule has 0 aliphatic heterocycles. The Labute approximate surface area is 107 Å². The molecule has 6 heteroatoms. The molecule has 0 amide bonds. The Hall–Kier alpha value is -1.88. The van der Waals surface area contributed by atoms with Gasteiger partial charge >= 0.3 is 5.97 Å². The van der Waals surface area contributed by atoms with E-state index in [4.69, 9.17) is 20.9 Å². The first-order valence-electron chi connectivity index (χ1n) is 5.10. The van der Waals surface area contributed by atoms with E-state index in [0.717, 1.165) is 6.07 Å². The lowest BCUT2D eigenvalue weighted by Gasteiger charge is -2.04. The fourth-order valence-electron chi connectivity index (χ4n) is 1.36. The zero-order valence-electron chi connectivity index (χ0n) is 9.44. The monoisotopic (exact) mass is 269 g/mol. The van der Waals surface area contributed by atoms with Gasteiger partial charge in [-0.25, -0.2) is 9.18 Å². The van der Waals surface area contributed by atoms with Gasteiger partial charge in [-0.2, -0.15) is 0 Å². The minimum atomic E-state index is -0.796. The van der Waals surface area contributed by atoms with Crippen LogP contribution in [0.3, 0.4) is 0 Å². The van der Waals surface area contributed by atoms with E-state index in [1.807, 2.05) is 0 Å². The van der Waals surface area contributed by atoms with Crippen molar-refractivity contribution in [1.29, 1.82) is 0 Å². The van der Waals surface area contributed by atoms with Crippen molar-refractivity contribution < 1.29 is 18.4 Å². The summed E-state index contributed by atoms with van der Waals surface area (Å²) in [7, 11) is 0. The van der Waals surface area contributed by atoms with E-state index in [1.165, 1.54) is 12.1 Å². The fourth-order valence-corrected chi connectivity index (χ4v) is 1.53. The first-order valence-corrected chi connectivity index (χ1v) is 5.48. The number of ether oxygens (including phenoxy) is 1. The molecule has 0 spiro atoms. The molecular formula is C12H9ClFNO3. The number of aryl methyl sites for hydroxylation is 1. The Morgan fingerprint density at radius 1 is 1.50 bits per heavy atom. The first-order chi connectivity index (χ1) is 8.56. The van der Waals surface area contributed by atoms with Gasteiger partial charge in [-0.05, 0) is 25.1 Å². The molecule has 0 N–H and O–H groups in total. The Morgan fingerprint density at radius 3 is 2.94 bits per heavy atom. The first kappa shape index (κ1) is 12.6. The van der Waals surface area contributed by atoms with Gasteiger partial charge < -0.3 is 9.26 Å². The van der Waals surface area contributed by atoms with Crippen molar-refractivity contribution in [3.63, 3.8) is 0 Å². The average Bonchev–Trinajstić information content (AvgIpc) is 2.75. The maximum atomic E-state index is 13.4. The number of hydrogen-bond donors (Lipinski definition) is 0. The van der Waals surface area contributed by atoms with Crippen LogP contribution in [0.4, 0.5) is 4.39 Å². The Kier molecular flexibility index (Phi) is 3.62. The van der Waals surface area contributed by atoms with Crippen LogP contribution < -0.4 is 0 Å². The number of benzene rings is 1. The number of rotatable bonds is 3. The lowest BCUT2D eigenvalue weighted by atomic mass is 10.2. The molecule has 18 heavy (non-hydrogen) atoms. The van der Waals surface area contributed by atoms with Crippen molar-refractivity contribution in [3.05, 3.63) is 52.1 Å². The Bertz CT molecular complexity index is 582. The highest BCUT2D eigenvalue weighted by molar-refractivity contribution is 6.30. The van der Waals surface area contributed by atoms with Gasteiger partial charge in [0, 0.05) is 11.1 Å². The SMILES string of the molecule is Cc1cc(COC(=O)c2cc(Cl)ccc2F)no1. The summed E-state index contributed by atoms with van der Waals surface area (Å²) in [4.78, 5) is 11.6. The van der Waals surface area contributed by atoms with Gasteiger partial charge in [0.2, 0.25) is 0 Å². The Morgan fingerprint density at radius 2 is 2.28 bits per heavy atom. The van der Waals surface area contributed by atoms with Crippen LogP contribution in [0.2, 0.25) is 5.02 Å². The van der Waals surface area contributed by atoms with E-state index in [-0.39, 0.29) is 17.2 Å². The lowest BCUT2D eigenvalue weighted by Crippen LogP contribution is -2.07. The molecule has 0 fully saturated rings. The van der Waals surface area contributed by atoms with Gasteiger partial charge in [-0.3, -0.25) is 0 Å². The smallest absolute Gasteiger partial charge is 0.341 e. The van der Waals surface area contributed by atoms with Gasteiger partial charge in [-0.15, -0.1) is 0 Å².